The Balaban J connectivity index is 1.99. The minimum absolute atomic E-state index is 0.0577. The Bertz CT molecular complexity index is 579. The van der Waals surface area contributed by atoms with Crippen molar-refractivity contribution in [2.75, 3.05) is 6.54 Å². The van der Waals surface area contributed by atoms with Gasteiger partial charge in [-0.05, 0) is 37.0 Å². The highest BCUT2D eigenvalue weighted by Crippen LogP contribution is 2.30. The Morgan fingerprint density at radius 3 is 2.63 bits per heavy atom. The molecule has 2 rings (SSSR count). The number of benzene rings is 1. The second-order valence-electron chi connectivity index (χ2n) is 4.77. The largest absolute Gasteiger partial charge is 0.389 e. The van der Waals surface area contributed by atoms with Crippen molar-refractivity contribution < 1.29 is 13.5 Å². The Hall–Kier alpha value is -0.880. The summed E-state index contributed by atoms with van der Waals surface area (Å²) in [5.74, 6) is 0. The first-order valence-corrected chi connectivity index (χ1v) is 7.97. The molecule has 1 aromatic rings. The molecule has 19 heavy (non-hydrogen) atoms. The van der Waals surface area contributed by atoms with Crippen LogP contribution in [0.5, 0.6) is 0 Å². The maximum atomic E-state index is 11.7. The molecule has 4 nitrogen and oxygen atoms in total. The van der Waals surface area contributed by atoms with E-state index in [1.165, 1.54) is 6.08 Å². The van der Waals surface area contributed by atoms with Crippen LogP contribution in [-0.4, -0.2) is 25.7 Å². The zero-order valence-corrected chi connectivity index (χ0v) is 11.9. The smallest absolute Gasteiger partial charge is 0.233 e. The third kappa shape index (κ3) is 4.04. The van der Waals surface area contributed by atoms with Crippen LogP contribution in [0.15, 0.2) is 29.7 Å². The summed E-state index contributed by atoms with van der Waals surface area (Å²) in [6, 6.07) is 6.98. The molecule has 0 heterocycles. The monoisotopic (exact) mass is 301 g/mol. The Morgan fingerprint density at radius 1 is 1.37 bits per heavy atom. The summed E-state index contributed by atoms with van der Waals surface area (Å²) in [7, 11) is -3.56. The molecule has 1 fully saturated rings. The van der Waals surface area contributed by atoms with Crippen molar-refractivity contribution in [3.8, 4) is 0 Å². The molecule has 2 N–H and O–H groups in total. The average Bonchev–Trinajstić information content (AvgIpc) is 2.33. The summed E-state index contributed by atoms with van der Waals surface area (Å²) in [5, 5.41) is 11.4. The van der Waals surface area contributed by atoms with E-state index >= 15 is 0 Å². The molecule has 0 aromatic heterocycles. The molecular weight excluding hydrogens is 286 g/mol. The maximum absolute atomic E-state index is 11.7. The lowest BCUT2D eigenvalue weighted by atomic mass is 9.81. The van der Waals surface area contributed by atoms with Gasteiger partial charge in [0.25, 0.3) is 0 Å². The van der Waals surface area contributed by atoms with Gasteiger partial charge in [-0.15, -0.1) is 0 Å². The van der Waals surface area contributed by atoms with E-state index in [9.17, 15) is 13.5 Å². The molecule has 1 aliphatic rings. The highest BCUT2D eigenvalue weighted by Gasteiger charge is 2.34. The summed E-state index contributed by atoms with van der Waals surface area (Å²) in [5.41, 5.74) is -0.234. The fourth-order valence-corrected chi connectivity index (χ4v) is 2.91. The Morgan fingerprint density at radius 2 is 2.05 bits per heavy atom. The molecule has 1 aliphatic carbocycles. The van der Waals surface area contributed by atoms with Crippen LogP contribution >= 0.6 is 11.6 Å². The molecule has 0 atom stereocenters. The predicted octanol–water partition coefficient (Wildman–Crippen LogP) is 2.15. The average molecular weight is 302 g/mol. The molecule has 6 heteroatoms. The first kappa shape index (κ1) is 14.5. The molecule has 104 valence electrons. The first-order valence-electron chi connectivity index (χ1n) is 6.05. The van der Waals surface area contributed by atoms with Crippen LogP contribution in [0.25, 0.3) is 6.08 Å². The molecule has 0 radical (unpaired) electrons. The molecule has 0 spiro atoms. The van der Waals surface area contributed by atoms with Gasteiger partial charge in [-0.25, -0.2) is 13.1 Å². The number of sulfonamides is 1. The molecule has 0 saturated heterocycles. The summed E-state index contributed by atoms with van der Waals surface area (Å²) in [6.07, 6.45) is 3.66. The lowest BCUT2D eigenvalue weighted by Gasteiger charge is -2.36. The molecule has 0 unspecified atom stereocenters. The van der Waals surface area contributed by atoms with E-state index in [1.807, 2.05) is 0 Å². The van der Waals surface area contributed by atoms with Crippen molar-refractivity contribution in [1.29, 1.82) is 0 Å². The zero-order valence-electron chi connectivity index (χ0n) is 10.3. The summed E-state index contributed by atoms with van der Waals surface area (Å²) >= 11 is 5.93. The highest BCUT2D eigenvalue weighted by molar-refractivity contribution is 7.92. The minimum Gasteiger partial charge on any atom is -0.389 e. The summed E-state index contributed by atoms with van der Waals surface area (Å²) < 4.78 is 25.9. The standard InChI is InChI=1S/C13H16ClNO3S/c14-12-5-2-1-4-11(12)6-9-19(17,18)15-10-13(16)7-3-8-13/h1-2,4-6,9,15-16H,3,7-8,10H2/b9-6+. The van der Waals surface area contributed by atoms with Crippen molar-refractivity contribution in [2.24, 2.45) is 0 Å². The summed E-state index contributed by atoms with van der Waals surface area (Å²) in [4.78, 5) is 0. The summed E-state index contributed by atoms with van der Waals surface area (Å²) in [6.45, 7) is 0.0577. The molecule has 0 amide bonds. The number of rotatable bonds is 5. The van der Waals surface area contributed by atoms with E-state index in [0.717, 1.165) is 11.8 Å². The van der Waals surface area contributed by atoms with E-state index in [1.54, 1.807) is 24.3 Å². The van der Waals surface area contributed by atoms with Gasteiger partial charge in [0.2, 0.25) is 10.0 Å². The molecule has 1 saturated carbocycles. The highest BCUT2D eigenvalue weighted by atomic mass is 35.5. The van der Waals surface area contributed by atoms with Crippen molar-refractivity contribution in [1.82, 2.24) is 4.72 Å². The normalized spacial score (nSPS) is 18.4. The number of halogens is 1. The van der Waals surface area contributed by atoms with E-state index in [2.05, 4.69) is 4.72 Å². The van der Waals surface area contributed by atoms with Crippen LogP contribution in [0, 0.1) is 0 Å². The second-order valence-corrected chi connectivity index (χ2v) is 6.83. The van der Waals surface area contributed by atoms with Crippen LogP contribution in [-0.2, 0) is 10.0 Å². The van der Waals surface area contributed by atoms with Crippen LogP contribution in [0.2, 0.25) is 5.02 Å². The molecule has 0 bridgehead atoms. The van der Waals surface area contributed by atoms with Gasteiger partial charge in [0.05, 0.1) is 5.60 Å². The van der Waals surface area contributed by atoms with Gasteiger partial charge >= 0.3 is 0 Å². The van der Waals surface area contributed by atoms with Crippen LogP contribution in [0.1, 0.15) is 24.8 Å². The fourth-order valence-electron chi connectivity index (χ4n) is 1.82. The number of hydrogen-bond acceptors (Lipinski definition) is 3. The molecule has 0 aliphatic heterocycles. The van der Waals surface area contributed by atoms with Gasteiger partial charge in [0.15, 0.2) is 0 Å². The van der Waals surface area contributed by atoms with Crippen molar-refractivity contribution in [3.05, 3.63) is 40.3 Å². The van der Waals surface area contributed by atoms with Gasteiger partial charge in [-0.1, -0.05) is 29.8 Å². The lowest BCUT2D eigenvalue weighted by molar-refractivity contribution is -0.0270. The number of aliphatic hydroxyl groups is 1. The Kier molecular flexibility index (Phi) is 4.30. The fraction of sp³-hybridized carbons (Fsp3) is 0.385. The first-order chi connectivity index (χ1) is 8.90. The van der Waals surface area contributed by atoms with Crippen molar-refractivity contribution in [2.45, 2.75) is 24.9 Å². The van der Waals surface area contributed by atoms with Gasteiger partial charge in [-0.3, -0.25) is 0 Å². The maximum Gasteiger partial charge on any atom is 0.233 e. The van der Waals surface area contributed by atoms with E-state index in [4.69, 9.17) is 11.6 Å². The molecule has 1 aromatic carbocycles. The van der Waals surface area contributed by atoms with Crippen molar-refractivity contribution >= 4 is 27.7 Å². The molecular formula is C13H16ClNO3S. The van der Waals surface area contributed by atoms with E-state index in [-0.39, 0.29) is 6.54 Å². The van der Waals surface area contributed by atoms with Crippen LogP contribution < -0.4 is 4.72 Å². The van der Waals surface area contributed by atoms with Crippen molar-refractivity contribution in [3.63, 3.8) is 0 Å². The number of hydrogen-bond donors (Lipinski definition) is 2. The zero-order chi connectivity index (χ0) is 13.9. The van der Waals surface area contributed by atoms with Gasteiger partial charge in [0, 0.05) is 17.0 Å². The third-order valence-corrected chi connectivity index (χ3v) is 4.60. The van der Waals surface area contributed by atoms with Crippen LogP contribution in [0.3, 0.4) is 0 Å². The third-order valence-electron chi connectivity index (χ3n) is 3.22. The van der Waals surface area contributed by atoms with Gasteiger partial charge in [-0.2, -0.15) is 0 Å². The lowest BCUT2D eigenvalue weighted by Crippen LogP contribution is -2.47. The van der Waals surface area contributed by atoms with E-state index < -0.39 is 15.6 Å². The number of nitrogens with one attached hydrogen (secondary N) is 1. The minimum atomic E-state index is -3.56. The Labute approximate surface area is 118 Å². The quantitative estimate of drug-likeness (QED) is 0.875. The van der Waals surface area contributed by atoms with Crippen LogP contribution in [0.4, 0.5) is 0 Å². The van der Waals surface area contributed by atoms with E-state index in [0.29, 0.717) is 23.4 Å². The predicted molar refractivity (Wildman–Crippen MR) is 76.2 cm³/mol. The van der Waals surface area contributed by atoms with Gasteiger partial charge < -0.3 is 5.11 Å². The topological polar surface area (TPSA) is 66.4 Å². The SMILES string of the molecule is O=S(=O)(/C=C/c1ccccc1Cl)NCC1(O)CCC1. The van der Waals surface area contributed by atoms with Gasteiger partial charge in [0.1, 0.15) is 0 Å². The second kappa shape index (κ2) is 5.63.